The number of aliphatic hydroxyl groups is 1. The average molecular weight is 209 g/mol. The summed E-state index contributed by atoms with van der Waals surface area (Å²) in [6.07, 6.45) is 0.922. The highest BCUT2D eigenvalue weighted by molar-refractivity contribution is 5.32. The molecule has 0 saturated carbocycles. The summed E-state index contributed by atoms with van der Waals surface area (Å²) in [4.78, 5) is 0. The Labute approximate surface area is 91.1 Å². The molecule has 0 aliphatic carbocycles. The largest absolute Gasteiger partial charge is 0.496 e. The molecule has 0 fully saturated rings. The summed E-state index contributed by atoms with van der Waals surface area (Å²) in [5.74, 6) is 0.887. The Kier molecular flexibility index (Phi) is 5.15. The molecule has 0 aliphatic rings. The molecule has 3 heteroatoms. The van der Waals surface area contributed by atoms with Gasteiger partial charge in [-0.25, -0.2) is 0 Å². The molecule has 2 N–H and O–H groups in total. The highest BCUT2D eigenvalue weighted by Gasteiger charge is 2.05. The van der Waals surface area contributed by atoms with Gasteiger partial charge in [0.2, 0.25) is 0 Å². The smallest absolute Gasteiger partial charge is 0.123 e. The first-order valence-electron chi connectivity index (χ1n) is 5.28. The van der Waals surface area contributed by atoms with Gasteiger partial charge in [0.15, 0.2) is 0 Å². The quantitative estimate of drug-likeness (QED) is 0.747. The monoisotopic (exact) mass is 209 g/mol. The van der Waals surface area contributed by atoms with E-state index in [0.717, 1.165) is 24.3 Å². The van der Waals surface area contributed by atoms with Gasteiger partial charge in [-0.2, -0.15) is 0 Å². The lowest BCUT2D eigenvalue weighted by Gasteiger charge is -2.15. The molecule has 0 saturated heterocycles. The maximum absolute atomic E-state index is 9.04. The van der Waals surface area contributed by atoms with Crippen molar-refractivity contribution in [3.8, 4) is 5.75 Å². The van der Waals surface area contributed by atoms with Crippen molar-refractivity contribution in [2.45, 2.75) is 25.9 Å². The topological polar surface area (TPSA) is 41.5 Å². The van der Waals surface area contributed by atoms with Crippen molar-refractivity contribution in [1.82, 2.24) is 5.32 Å². The first-order valence-corrected chi connectivity index (χ1v) is 5.28. The third-order valence-electron chi connectivity index (χ3n) is 2.49. The Morgan fingerprint density at radius 3 is 2.73 bits per heavy atom. The number of rotatable bonds is 6. The zero-order chi connectivity index (χ0) is 11.1. The third-order valence-corrected chi connectivity index (χ3v) is 2.49. The standard InChI is InChI=1S/C12H19NO2/c1-3-11(9-14)13-8-10-6-4-5-7-12(10)15-2/h4-7,11,13-14H,3,8-9H2,1-2H3/t11-/m0/s1. The van der Waals surface area contributed by atoms with Gasteiger partial charge in [-0.05, 0) is 12.5 Å². The van der Waals surface area contributed by atoms with E-state index in [0.29, 0.717) is 0 Å². The lowest BCUT2D eigenvalue weighted by atomic mass is 10.1. The highest BCUT2D eigenvalue weighted by atomic mass is 16.5. The fourth-order valence-corrected chi connectivity index (χ4v) is 1.44. The van der Waals surface area contributed by atoms with Crippen LogP contribution in [-0.4, -0.2) is 24.9 Å². The fraction of sp³-hybridized carbons (Fsp3) is 0.500. The van der Waals surface area contributed by atoms with E-state index < -0.39 is 0 Å². The molecular formula is C12H19NO2. The summed E-state index contributed by atoms with van der Waals surface area (Å²) in [6, 6.07) is 8.06. The van der Waals surface area contributed by atoms with Gasteiger partial charge in [-0.3, -0.25) is 0 Å². The summed E-state index contributed by atoms with van der Waals surface area (Å²) < 4.78 is 5.24. The molecule has 0 radical (unpaired) electrons. The molecule has 0 aromatic heterocycles. The molecule has 1 aromatic carbocycles. The van der Waals surface area contributed by atoms with Gasteiger partial charge >= 0.3 is 0 Å². The van der Waals surface area contributed by atoms with Crippen LogP contribution in [0.2, 0.25) is 0 Å². The number of aliphatic hydroxyl groups excluding tert-OH is 1. The van der Waals surface area contributed by atoms with Gasteiger partial charge in [0, 0.05) is 18.2 Å². The van der Waals surface area contributed by atoms with E-state index in [-0.39, 0.29) is 12.6 Å². The lowest BCUT2D eigenvalue weighted by molar-refractivity contribution is 0.238. The molecule has 0 heterocycles. The minimum absolute atomic E-state index is 0.162. The number of benzene rings is 1. The van der Waals surface area contributed by atoms with E-state index >= 15 is 0 Å². The van der Waals surface area contributed by atoms with Gasteiger partial charge in [0.25, 0.3) is 0 Å². The van der Waals surface area contributed by atoms with E-state index in [4.69, 9.17) is 9.84 Å². The fourth-order valence-electron chi connectivity index (χ4n) is 1.44. The predicted octanol–water partition coefficient (Wildman–Crippen LogP) is 1.56. The van der Waals surface area contributed by atoms with Gasteiger partial charge in [-0.1, -0.05) is 25.1 Å². The zero-order valence-corrected chi connectivity index (χ0v) is 9.36. The van der Waals surface area contributed by atoms with Crippen molar-refractivity contribution in [1.29, 1.82) is 0 Å². The van der Waals surface area contributed by atoms with Crippen LogP contribution in [-0.2, 0) is 6.54 Å². The van der Waals surface area contributed by atoms with Crippen molar-refractivity contribution in [3.63, 3.8) is 0 Å². The number of ether oxygens (including phenoxy) is 1. The Hall–Kier alpha value is -1.06. The number of para-hydroxylation sites is 1. The van der Waals surface area contributed by atoms with Crippen LogP contribution in [0.5, 0.6) is 5.75 Å². The second kappa shape index (κ2) is 6.43. The summed E-state index contributed by atoms with van der Waals surface area (Å²) in [6.45, 7) is 2.95. The molecule has 84 valence electrons. The van der Waals surface area contributed by atoms with Crippen molar-refractivity contribution >= 4 is 0 Å². The number of hydrogen-bond donors (Lipinski definition) is 2. The second-order valence-electron chi connectivity index (χ2n) is 3.48. The molecule has 15 heavy (non-hydrogen) atoms. The average Bonchev–Trinajstić information content (AvgIpc) is 2.31. The Morgan fingerprint density at radius 2 is 2.13 bits per heavy atom. The zero-order valence-electron chi connectivity index (χ0n) is 9.36. The molecule has 3 nitrogen and oxygen atoms in total. The minimum Gasteiger partial charge on any atom is -0.496 e. The van der Waals surface area contributed by atoms with E-state index in [1.807, 2.05) is 24.3 Å². The van der Waals surface area contributed by atoms with Crippen LogP contribution in [0.3, 0.4) is 0 Å². The van der Waals surface area contributed by atoms with E-state index in [1.54, 1.807) is 7.11 Å². The van der Waals surface area contributed by atoms with Crippen LogP contribution >= 0.6 is 0 Å². The van der Waals surface area contributed by atoms with Crippen molar-refractivity contribution in [2.75, 3.05) is 13.7 Å². The van der Waals surface area contributed by atoms with Crippen molar-refractivity contribution in [3.05, 3.63) is 29.8 Å². The van der Waals surface area contributed by atoms with Crippen molar-refractivity contribution < 1.29 is 9.84 Å². The van der Waals surface area contributed by atoms with Gasteiger partial charge < -0.3 is 15.2 Å². The summed E-state index contributed by atoms with van der Waals surface area (Å²) in [5, 5.41) is 12.3. The molecule has 1 aromatic rings. The van der Waals surface area contributed by atoms with Crippen LogP contribution in [0.1, 0.15) is 18.9 Å². The molecule has 0 spiro atoms. The predicted molar refractivity (Wildman–Crippen MR) is 61.0 cm³/mol. The summed E-state index contributed by atoms with van der Waals surface area (Å²) in [7, 11) is 1.67. The van der Waals surface area contributed by atoms with Crippen LogP contribution in [0.15, 0.2) is 24.3 Å². The first kappa shape index (κ1) is 12.0. The molecule has 1 rings (SSSR count). The second-order valence-corrected chi connectivity index (χ2v) is 3.48. The van der Waals surface area contributed by atoms with E-state index in [2.05, 4.69) is 12.2 Å². The number of methoxy groups -OCH3 is 1. The molecule has 1 atom stereocenters. The van der Waals surface area contributed by atoms with Gasteiger partial charge in [0.05, 0.1) is 13.7 Å². The SMILES string of the molecule is CC[C@@H](CO)NCc1ccccc1OC. The van der Waals surface area contributed by atoms with Crippen LogP contribution in [0.25, 0.3) is 0 Å². The van der Waals surface area contributed by atoms with E-state index in [1.165, 1.54) is 0 Å². The number of nitrogens with one attached hydrogen (secondary N) is 1. The molecule has 0 unspecified atom stereocenters. The maximum Gasteiger partial charge on any atom is 0.123 e. The number of hydrogen-bond acceptors (Lipinski definition) is 3. The van der Waals surface area contributed by atoms with Gasteiger partial charge in [0.1, 0.15) is 5.75 Å². The van der Waals surface area contributed by atoms with Crippen LogP contribution in [0, 0.1) is 0 Å². The third kappa shape index (κ3) is 3.53. The van der Waals surface area contributed by atoms with Crippen molar-refractivity contribution in [2.24, 2.45) is 0 Å². The lowest BCUT2D eigenvalue weighted by Crippen LogP contribution is -2.31. The van der Waals surface area contributed by atoms with Crippen LogP contribution < -0.4 is 10.1 Å². The molecular weight excluding hydrogens is 190 g/mol. The molecule has 0 bridgehead atoms. The first-order chi connectivity index (χ1) is 7.31. The Morgan fingerprint density at radius 1 is 1.40 bits per heavy atom. The summed E-state index contributed by atoms with van der Waals surface area (Å²) in [5.41, 5.74) is 1.12. The van der Waals surface area contributed by atoms with Gasteiger partial charge in [-0.15, -0.1) is 0 Å². The highest BCUT2D eigenvalue weighted by Crippen LogP contribution is 2.16. The minimum atomic E-state index is 0.162. The Bertz CT molecular complexity index is 285. The van der Waals surface area contributed by atoms with Crippen LogP contribution in [0.4, 0.5) is 0 Å². The Balaban J connectivity index is 2.56. The molecule has 0 aliphatic heterocycles. The summed E-state index contributed by atoms with van der Waals surface area (Å²) >= 11 is 0. The molecule has 0 amide bonds. The van der Waals surface area contributed by atoms with E-state index in [9.17, 15) is 0 Å². The maximum atomic E-state index is 9.04. The normalized spacial score (nSPS) is 12.5.